The first-order chi connectivity index (χ1) is 18.0. The number of carboxylic acids is 1. The molecule has 0 bridgehead atoms. The Balaban J connectivity index is 1.38. The van der Waals surface area contributed by atoms with E-state index >= 15 is 0 Å². The third kappa shape index (κ3) is 4.42. The van der Waals surface area contributed by atoms with Crippen LogP contribution in [0.15, 0.2) is 18.2 Å². The van der Waals surface area contributed by atoms with Crippen molar-refractivity contribution in [2.45, 2.75) is 88.1 Å². The van der Waals surface area contributed by atoms with Crippen LogP contribution in [0.5, 0.6) is 5.75 Å². The molecule has 0 spiro atoms. The average molecular weight is 532 g/mol. The van der Waals surface area contributed by atoms with Crippen molar-refractivity contribution in [3.8, 4) is 5.75 Å². The van der Waals surface area contributed by atoms with Crippen molar-refractivity contribution in [2.24, 2.45) is 17.3 Å². The second-order valence-corrected chi connectivity index (χ2v) is 11.3. The Bertz CT molecular complexity index is 1260. The van der Waals surface area contributed by atoms with Crippen molar-refractivity contribution in [2.75, 3.05) is 0 Å². The number of benzene rings is 1. The van der Waals surface area contributed by atoms with Crippen molar-refractivity contribution in [1.29, 1.82) is 0 Å². The van der Waals surface area contributed by atoms with E-state index in [2.05, 4.69) is 0 Å². The van der Waals surface area contributed by atoms with Crippen LogP contribution < -0.4 is 4.74 Å². The molecule has 11 nitrogen and oxygen atoms in total. The van der Waals surface area contributed by atoms with Crippen LogP contribution in [0.3, 0.4) is 0 Å². The molecule has 0 aromatic heterocycles. The van der Waals surface area contributed by atoms with Crippen LogP contribution in [0, 0.1) is 17.3 Å². The molecule has 200 valence electrons. The van der Waals surface area contributed by atoms with E-state index in [4.69, 9.17) is 17.8 Å². The van der Waals surface area contributed by atoms with E-state index < -0.39 is 64.9 Å². The number of carboxylic acid groups (broad SMARTS) is 1. The summed E-state index contributed by atoms with van der Waals surface area (Å²) in [5.41, 5.74) is 0.753. The molecular formula is C24H32O11S. The van der Waals surface area contributed by atoms with Crippen LogP contribution in [-0.2, 0) is 30.5 Å². The molecular weight excluding hydrogens is 496 g/mol. The number of hydrogen-bond donors (Lipinski definition) is 5. The van der Waals surface area contributed by atoms with Crippen molar-refractivity contribution in [1.82, 2.24) is 0 Å². The summed E-state index contributed by atoms with van der Waals surface area (Å²) in [6, 6.07) is 5.17. The molecule has 0 amide bonds. The topological polar surface area (TPSA) is 180 Å². The van der Waals surface area contributed by atoms with E-state index in [9.17, 15) is 38.2 Å². The number of rotatable bonds is 5. The highest BCUT2D eigenvalue weighted by Crippen LogP contribution is 2.61. The number of aliphatic hydroxyl groups is 3. The van der Waals surface area contributed by atoms with E-state index in [0.717, 1.165) is 11.1 Å². The molecule has 3 fully saturated rings. The van der Waals surface area contributed by atoms with E-state index in [1.165, 1.54) is 0 Å². The van der Waals surface area contributed by atoms with Gasteiger partial charge in [-0.3, -0.25) is 4.55 Å². The lowest BCUT2D eigenvalue weighted by Gasteiger charge is -2.50. The van der Waals surface area contributed by atoms with E-state index in [-0.39, 0.29) is 29.9 Å². The van der Waals surface area contributed by atoms with Crippen molar-refractivity contribution in [3.63, 3.8) is 0 Å². The summed E-state index contributed by atoms with van der Waals surface area (Å²) < 4.78 is 73.9. The fourth-order valence-electron chi connectivity index (χ4n) is 6.53. The Morgan fingerprint density at radius 2 is 1.94 bits per heavy atom. The molecule has 4 aliphatic rings. The monoisotopic (exact) mass is 531 g/mol. The van der Waals surface area contributed by atoms with Gasteiger partial charge in [-0.1, -0.05) is 13.0 Å². The van der Waals surface area contributed by atoms with Gasteiger partial charge in [-0.2, -0.15) is 8.42 Å². The number of carbonyl (C=O) groups is 1. The average Bonchev–Trinajstić information content (AvgIpc) is 2.99. The molecule has 1 heterocycles. The van der Waals surface area contributed by atoms with E-state index in [0.29, 0.717) is 25.7 Å². The number of aryl methyl sites for hydroxylation is 1. The molecule has 0 radical (unpaired) electrons. The lowest BCUT2D eigenvalue weighted by atomic mass is 9.55. The molecule has 10 atom stereocenters. The van der Waals surface area contributed by atoms with Gasteiger partial charge in [-0.15, -0.1) is 0 Å². The quantitative estimate of drug-likeness (QED) is 0.342. The van der Waals surface area contributed by atoms with Crippen molar-refractivity contribution in [3.05, 3.63) is 29.3 Å². The zero-order valence-electron chi connectivity index (χ0n) is 22.5. The minimum atomic E-state index is -5.07. The fraction of sp³-hybridized carbons (Fsp3) is 0.708. The standard InChI is InChI=1S/C24H32O11S/c1-24-9-8-14-13-5-3-12(33-23-20(27)18(25)19(26)21(34-23)22(28)29)10-11(13)2-4-15(14)16(24)6-7-17(24)35-36(30,31)32/h3,5,10,14-21,23,25-27H,2,4,6-9H2,1H3,(H,28,29)(H,30,31,32)/t14-,15-,16+,17+,18+,19+,20-,21+,23-,24+/m1/s1/i7D2,17D. The van der Waals surface area contributed by atoms with Crippen molar-refractivity contribution >= 4 is 16.4 Å². The zero-order chi connectivity index (χ0) is 28.7. The van der Waals surface area contributed by atoms with Crippen LogP contribution in [0.4, 0.5) is 0 Å². The summed E-state index contributed by atoms with van der Waals surface area (Å²) in [4.78, 5) is 11.4. The van der Waals surface area contributed by atoms with Gasteiger partial charge in [0.15, 0.2) is 6.10 Å². The molecule has 12 heteroatoms. The van der Waals surface area contributed by atoms with Gasteiger partial charge in [0.25, 0.3) is 0 Å². The maximum atomic E-state index is 11.6. The lowest BCUT2D eigenvalue weighted by molar-refractivity contribution is -0.271. The molecule has 0 unspecified atom stereocenters. The lowest BCUT2D eigenvalue weighted by Crippen LogP contribution is -2.61. The largest absolute Gasteiger partial charge is 0.479 e. The summed E-state index contributed by atoms with van der Waals surface area (Å²) in [5.74, 6) is -1.70. The summed E-state index contributed by atoms with van der Waals surface area (Å²) in [7, 11) is -5.07. The number of fused-ring (bicyclic) bond motifs is 5. The van der Waals surface area contributed by atoms with Gasteiger partial charge in [0.05, 0.1) is 7.45 Å². The highest BCUT2D eigenvalue weighted by atomic mass is 32.3. The van der Waals surface area contributed by atoms with Gasteiger partial charge in [-0.25, -0.2) is 8.98 Å². The number of aliphatic hydroxyl groups excluding tert-OH is 3. The highest BCUT2D eigenvalue weighted by molar-refractivity contribution is 7.80. The van der Waals surface area contributed by atoms with E-state index in [1.807, 2.05) is 6.07 Å². The van der Waals surface area contributed by atoms with Crippen LogP contribution in [-0.4, -0.2) is 76.2 Å². The van der Waals surface area contributed by atoms with Crippen LogP contribution >= 0.6 is 0 Å². The number of hydrogen-bond acceptors (Lipinski definition) is 9. The fourth-order valence-corrected chi connectivity index (χ4v) is 6.99. The Kier molecular flexibility index (Phi) is 5.67. The van der Waals surface area contributed by atoms with Gasteiger partial charge in [0, 0.05) is 2.74 Å². The molecule has 2 saturated carbocycles. The van der Waals surface area contributed by atoms with Gasteiger partial charge in [-0.05, 0) is 84.9 Å². The Labute approximate surface area is 213 Å². The third-order valence-electron chi connectivity index (χ3n) is 8.34. The predicted molar refractivity (Wildman–Crippen MR) is 122 cm³/mol. The predicted octanol–water partition coefficient (Wildman–Crippen LogP) is 1.00. The normalized spacial score (nSPS) is 46.9. The molecule has 1 aliphatic heterocycles. The first kappa shape index (κ1) is 22.2. The van der Waals surface area contributed by atoms with Crippen molar-refractivity contribution < 1.29 is 56.0 Å². The summed E-state index contributed by atoms with van der Waals surface area (Å²) in [6.45, 7) is 1.66. The smallest absolute Gasteiger partial charge is 0.397 e. The van der Waals surface area contributed by atoms with Gasteiger partial charge in [0.1, 0.15) is 24.1 Å². The van der Waals surface area contributed by atoms with Gasteiger partial charge >= 0.3 is 16.4 Å². The second kappa shape index (κ2) is 9.19. The highest BCUT2D eigenvalue weighted by Gasteiger charge is 2.56. The molecule has 5 N–H and O–H groups in total. The molecule has 1 aromatic carbocycles. The first-order valence-corrected chi connectivity index (χ1v) is 13.3. The molecule has 1 saturated heterocycles. The minimum Gasteiger partial charge on any atom is -0.479 e. The second-order valence-electron chi connectivity index (χ2n) is 10.3. The Morgan fingerprint density at radius 1 is 1.19 bits per heavy atom. The maximum absolute atomic E-state index is 11.6. The summed E-state index contributed by atoms with van der Waals surface area (Å²) in [5, 5.41) is 39.4. The maximum Gasteiger partial charge on any atom is 0.397 e. The summed E-state index contributed by atoms with van der Waals surface area (Å²) >= 11 is 0. The Hall–Kier alpha value is -1.80. The number of aliphatic carboxylic acids is 1. The minimum absolute atomic E-state index is 0.00496. The van der Waals surface area contributed by atoms with Gasteiger partial charge < -0.3 is 29.9 Å². The summed E-state index contributed by atoms with van der Waals surface area (Å²) in [6.07, 6.45) is -11.5. The third-order valence-corrected chi connectivity index (χ3v) is 8.72. The zero-order valence-corrected chi connectivity index (χ0v) is 20.3. The van der Waals surface area contributed by atoms with Crippen LogP contribution in [0.1, 0.15) is 60.1 Å². The first-order valence-electron chi connectivity index (χ1n) is 13.4. The SMILES string of the molecule is [2H]C1([2H])C[C@H]2[C@@H]3CCc4cc(O[C@@H]5O[C@H](C(=O)O)[C@@H](O)[C@H](O)[C@H]5O)ccc4[C@H]3CC[C@]2(C)[C@@]1([2H])OS(=O)(=O)O. The number of ether oxygens (including phenoxy) is 2. The van der Waals surface area contributed by atoms with E-state index in [1.54, 1.807) is 19.1 Å². The molecule has 5 rings (SSSR count). The van der Waals surface area contributed by atoms with Gasteiger partial charge in [0.2, 0.25) is 6.29 Å². The Morgan fingerprint density at radius 3 is 2.64 bits per heavy atom. The molecule has 1 aromatic rings. The molecule has 3 aliphatic carbocycles. The molecule has 36 heavy (non-hydrogen) atoms. The van der Waals surface area contributed by atoms with Crippen LogP contribution in [0.2, 0.25) is 0 Å². The van der Waals surface area contributed by atoms with Crippen LogP contribution in [0.25, 0.3) is 0 Å².